The Morgan fingerprint density at radius 1 is 1.18 bits per heavy atom. The normalized spacial score (nSPS) is 19.3. The van der Waals surface area contributed by atoms with E-state index in [9.17, 15) is 14.7 Å². The molecule has 2 aromatic carbocycles. The van der Waals surface area contributed by atoms with E-state index in [0.29, 0.717) is 17.5 Å². The maximum atomic E-state index is 13.0. The minimum Gasteiger partial charge on any atom is -0.480 e. The molecule has 1 aromatic heterocycles. The number of fused-ring (bicyclic) bond motifs is 1. The monoisotopic (exact) mass is 379 g/mol. The predicted molar refractivity (Wildman–Crippen MR) is 104 cm³/mol. The lowest BCUT2D eigenvalue weighted by Crippen LogP contribution is -2.40. The molecule has 28 heavy (non-hydrogen) atoms. The highest BCUT2D eigenvalue weighted by Gasteiger charge is 2.40. The molecule has 0 aliphatic carbocycles. The Labute approximate surface area is 162 Å². The van der Waals surface area contributed by atoms with E-state index in [2.05, 4.69) is 4.98 Å². The van der Waals surface area contributed by atoms with Gasteiger partial charge in [0.15, 0.2) is 0 Å². The van der Waals surface area contributed by atoms with Gasteiger partial charge in [-0.3, -0.25) is 9.36 Å². The molecule has 0 radical (unpaired) electrons. The van der Waals surface area contributed by atoms with Crippen LogP contribution in [0.4, 0.5) is 0 Å². The molecular formula is C21H21N3O4. The lowest BCUT2D eigenvalue weighted by atomic mass is 10.1. The van der Waals surface area contributed by atoms with Gasteiger partial charge >= 0.3 is 5.97 Å². The third kappa shape index (κ3) is 3.03. The van der Waals surface area contributed by atoms with Crippen molar-refractivity contribution in [1.29, 1.82) is 0 Å². The summed E-state index contributed by atoms with van der Waals surface area (Å²) in [6, 6.07) is 14.3. The Bertz CT molecular complexity index is 1040. The summed E-state index contributed by atoms with van der Waals surface area (Å²) in [5.74, 6) is -0.520. The number of rotatable bonds is 4. The number of amides is 1. The van der Waals surface area contributed by atoms with Gasteiger partial charge in [-0.25, -0.2) is 9.78 Å². The molecule has 1 aliphatic heterocycles. The van der Waals surface area contributed by atoms with Crippen LogP contribution >= 0.6 is 0 Å². The van der Waals surface area contributed by atoms with Gasteiger partial charge in [-0.05, 0) is 37.3 Å². The molecule has 1 amide bonds. The number of para-hydroxylation sites is 1. The summed E-state index contributed by atoms with van der Waals surface area (Å²) in [5, 5.41) is 9.47. The minimum absolute atomic E-state index is 0.266. The van der Waals surface area contributed by atoms with E-state index in [-0.39, 0.29) is 18.6 Å². The van der Waals surface area contributed by atoms with Crippen LogP contribution in [0.15, 0.2) is 48.5 Å². The van der Waals surface area contributed by atoms with Gasteiger partial charge in [0.25, 0.3) is 5.91 Å². The van der Waals surface area contributed by atoms with Gasteiger partial charge in [0.05, 0.1) is 17.1 Å². The Hall–Kier alpha value is -3.19. The number of benzene rings is 2. The number of imidazole rings is 1. The molecule has 1 aliphatic rings. The highest BCUT2D eigenvalue weighted by atomic mass is 16.5. The van der Waals surface area contributed by atoms with Crippen LogP contribution in [0.5, 0.6) is 0 Å². The number of aryl methyl sites for hydroxylation is 1. The molecule has 144 valence electrons. The van der Waals surface area contributed by atoms with Gasteiger partial charge in [0.1, 0.15) is 11.9 Å². The fourth-order valence-corrected chi connectivity index (χ4v) is 3.83. The predicted octanol–water partition coefficient (Wildman–Crippen LogP) is 2.65. The summed E-state index contributed by atoms with van der Waals surface area (Å²) in [5.41, 5.74) is 3.01. The van der Waals surface area contributed by atoms with Gasteiger partial charge in [-0.1, -0.05) is 18.2 Å². The zero-order valence-corrected chi connectivity index (χ0v) is 15.7. The fraction of sp³-hybridized carbons (Fsp3) is 0.286. The summed E-state index contributed by atoms with van der Waals surface area (Å²) >= 11 is 0. The van der Waals surface area contributed by atoms with Crippen molar-refractivity contribution in [2.75, 3.05) is 13.7 Å². The van der Waals surface area contributed by atoms with E-state index in [1.165, 1.54) is 12.0 Å². The van der Waals surface area contributed by atoms with E-state index in [0.717, 1.165) is 17.0 Å². The second kappa shape index (κ2) is 7.09. The van der Waals surface area contributed by atoms with Crippen LogP contribution < -0.4 is 0 Å². The van der Waals surface area contributed by atoms with E-state index in [1.807, 2.05) is 47.9 Å². The standard InChI is InChI=1S/C21H21N3O4/c1-13-22-17-10-14(8-9-18(17)24(13)15-6-4-3-5-7-15)20(25)23-12-16(28-2)11-19(23)21(26)27/h3-10,16,19H,11-12H2,1-2H3,(H,26,27). The number of aliphatic carboxylic acids is 1. The Balaban J connectivity index is 1.71. The molecule has 0 spiro atoms. The molecule has 1 N–H and O–H groups in total. The first-order chi connectivity index (χ1) is 13.5. The summed E-state index contributed by atoms with van der Waals surface area (Å²) in [6.07, 6.45) is 0.0231. The molecule has 0 saturated carbocycles. The Kier molecular flexibility index (Phi) is 4.60. The van der Waals surface area contributed by atoms with Crippen molar-refractivity contribution in [3.8, 4) is 5.69 Å². The van der Waals surface area contributed by atoms with Crippen molar-refractivity contribution in [1.82, 2.24) is 14.5 Å². The first-order valence-corrected chi connectivity index (χ1v) is 9.10. The lowest BCUT2D eigenvalue weighted by molar-refractivity contribution is -0.141. The van der Waals surface area contributed by atoms with E-state index in [4.69, 9.17) is 4.74 Å². The highest BCUT2D eigenvalue weighted by molar-refractivity contribution is 5.99. The maximum absolute atomic E-state index is 13.0. The van der Waals surface area contributed by atoms with Gasteiger partial charge < -0.3 is 14.7 Å². The number of carbonyl (C=O) groups is 2. The quantitative estimate of drug-likeness (QED) is 0.753. The van der Waals surface area contributed by atoms with Crippen molar-refractivity contribution >= 4 is 22.9 Å². The van der Waals surface area contributed by atoms with Crippen molar-refractivity contribution < 1.29 is 19.4 Å². The molecule has 7 nitrogen and oxygen atoms in total. The second-order valence-electron chi connectivity index (χ2n) is 6.94. The highest BCUT2D eigenvalue weighted by Crippen LogP contribution is 2.26. The number of carboxylic acid groups (broad SMARTS) is 1. The molecule has 2 heterocycles. The fourth-order valence-electron chi connectivity index (χ4n) is 3.83. The average Bonchev–Trinajstić information content (AvgIpc) is 3.28. The minimum atomic E-state index is -1.02. The summed E-state index contributed by atoms with van der Waals surface area (Å²) < 4.78 is 7.30. The topological polar surface area (TPSA) is 84.7 Å². The van der Waals surface area contributed by atoms with Crippen LogP contribution in [0.2, 0.25) is 0 Å². The number of methoxy groups -OCH3 is 1. The zero-order chi connectivity index (χ0) is 19.8. The molecular weight excluding hydrogens is 358 g/mol. The number of aromatic nitrogens is 2. The van der Waals surface area contributed by atoms with Gasteiger partial charge in [0.2, 0.25) is 0 Å². The number of ether oxygens (including phenoxy) is 1. The zero-order valence-electron chi connectivity index (χ0n) is 15.7. The molecule has 1 saturated heterocycles. The lowest BCUT2D eigenvalue weighted by Gasteiger charge is -2.21. The average molecular weight is 379 g/mol. The van der Waals surface area contributed by atoms with Crippen LogP contribution in [0.25, 0.3) is 16.7 Å². The number of likely N-dealkylation sites (tertiary alicyclic amines) is 1. The third-order valence-electron chi connectivity index (χ3n) is 5.23. The van der Waals surface area contributed by atoms with Gasteiger partial charge in [0, 0.05) is 31.3 Å². The molecule has 4 rings (SSSR count). The van der Waals surface area contributed by atoms with Crippen molar-refractivity contribution in [3.63, 3.8) is 0 Å². The number of nitrogens with zero attached hydrogens (tertiary/aromatic N) is 3. The summed E-state index contributed by atoms with van der Waals surface area (Å²) in [7, 11) is 1.53. The Morgan fingerprint density at radius 2 is 1.93 bits per heavy atom. The summed E-state index contributed by atoms with van der Waals surface area (Å²) in [6.45, 7) is 2.18. The van der Waals surface area contributed by atoms with Crippen LogP contribution in [0.3, 0.4) is 0 Å². The Morgan fingerprint density at radius 3 is 2.61 bits per heavy atom. The van der Waals surface area contributed by atoms with Crippen molar-refractivity contribution in [2.45, 2.75) is 25.5 Å². The van der Waals surface area contributed by atoms with Crippen LogP contribution in [0, 0.1) is 6.92 Å². The first kappa shape index (κ1) is 18.2. The first-order valence-electron chi connectivity index (χ1n) is 9.10. The van der Waals surface area contributed by atoms with Crippen LogP contribution in [-0.4, -0.2) is 57.2 Å². The van der Waals surface area contributed by atoms with E-state index >= 15 is 0 Å². The number of carboxylic acids is 1. The SMILES string of the molecule is COC1CC(C(=O)O)N(C(=O)c2ccc3c(c2)nc(C)n3-c2ccccc2)C1. The third-order valence-corrected chi connectivity index (χ3v) is 5.23. The largest absolute Gasteiger partial charge is 0.480 e. The smallest absolute Gasteiger partial charge is 0.326 e. The number of hydrogen-bond acceptors (Lipinski definition) is 4. The molecule has 3 aromatic rings. The maximum Gasteiger partial charge on any atom is 0.326 e. The second-order valence-corrected chi connectivity index (χ2v) is 6.94. The van der Waals surface area contributed by atoms with Crippen LogP contribution in [-0.2, 0) is 9.53 Å². The molecule has 2 unspecified atom stereocenters. The number of hydrogen-bond donors (Lipinski definition) is 1. The van der Waals surface area contributed by atoms with Crippen LogP contribution in [0.1, 0.15) is 22.6 Å². The van der Waals surface area contributed by atoms with Crippen molar-refractivity contribution in [2.24, 2.45) is 0 Å². The number of carbonyl (C=O) groups excluding carboxylic acids is 1. The molecule has 1 fully saturated rings. The van der Waals surface area contributed by atoms with Gasteiger partial charge in [-0.2, -0.15) is 0 Å². The molecule has 2 atom stereocenters. The van der Waals surface area contributed by atoms with Gasteiger partial charge in [-0.15, -0.1) is 0 Å². The summed E-state index contributed by atoms with van der Waals surface area (Å²) in [4.78, 5) is 30.5. The molecule has 7 heteroatoms. The van der Waals surface area contributed by atoms with E-state index in [1.54, 1.807) is 12.1 Å². The van der Waals surface area contributed by atoms with Crippen molar-refractivity contribution in [3.05, 3.63) is 59.9 Å². The molecule has 0 bridgehead atoms. The van der Waals surface area contributed by atoms with E-state index < -0.39 is 12.0 Å².